The van der Waals surface area contributed by atoms with E-state index in [0.29, 0.717) is 23.1 Å². The van der Waals surface area contributed by atoms with Crippen molar-refractivity contribution in [2.45, 2.75) is 19.3 Å². The molecule has 0 saturated heterocycles. The smallest absolute Gasteiger partial charge is 0.171 e. The second-order valence-corrected chi connectivity index (χ2v) is 15.5. The molecule has 1 aliphatic rings. The van der Waals surface area contributed by atoms with E-state index in [1.54, 1.807) is 0 Å². The number of furan rings is 1. The van der Waals surface area contributed by atoms with Crippen molar-refractivity contribution in [2.75, 3.05) is 0 Å². The third-order valence-electron chi connectivity index (χ3n) is 9.60. The molecule has 0 spiro atoms. The Morgan fingerprint density at radius 2 is 1.04 bits per heavy atom. The largest absolute Gasteiger partial charge is 0.456 e. The van der Waals surface area contributed by atoms with Crippen LogP contribution in [0.2, 0.25) is 0 Å². The fourth-order valence-electron chi connectivity index (χ4n) is 7.12. The van der Waals surface area contributed by atoms with Crippen LogP contribution in [0.3, 0.4) is 0 Å². The summed E-state index contributed by atoms with van der Waals surface area (Å²) in [4.78, 5) is 14.7. The standard InChI is InChI=1S/C42H30N3O2P/c1-42(2)33-20-12-13-21-37(33)48(46,30-18-10-5-11-19-30)38-26-36-32(25-34(38)42)31-23-22-29(24-35(31)47-36)41-44-39(27-14-6-3-7-15-27)43-40(45-41)28-16-8-4-9-17-28/h3-26H,1-2H3. The number of rotatable bonds is 4. The molecule has 0 saturated carbocycles. The fraction of sp³-hybridized carbons (Fsp3) is 0.0714. The number of hydrogen-bond acceptors (Lipinski definition) is 5. The van der Waals surface area contributed by atoms with Crippen LogP contribution in [0.15, 0.2) is 150 Å². The molecule has 3 heterocycles. The van der Waals surface area contributed by atoms with Gasteiger partial charge in [0, 0.05) is 48.8 Å². The van der Waals surface area contributed by atoms with Crippen molar-refractivity contribution < 1.29 is 8.98 Å². The summed E-state index contributed by atoms with van der Waals surface area (Å²) < 4.78 is 22.1. The molecule has 0 aliphatic carbocycles. The number of aromatic nitrogens is 3. The van der Waals surface area contributed by atoms with E-state index in [-0.39, 0.29) is 5.41 Å². The normalized spacial score (nSPS) is 16.5. The topological polar surface area (TPSA) is 68.9 Å². The van der Waals surface area contributed by atoms with Crippen LogP contribution in [0.5, 0.6) is 0 Å². The predicted molar refractivity (Wildman–Crippen MR) is 195 cm³/mol. The van der Waals surface area contributed by atoms with Crippen LogP contribution in [0, 0.1) is 0 Å². The average molecular weight is 640 g/mol. The molecule has 0 bridgehead atoms. The van der Waals surface area contributed by atoms with E-state index in [1.807, 2.05) is 127 Å². The Kier molecular flexibility index (Phi) is 6.37. The van der Waals surface area contributed by atoms with Crippen LogP contribution < -0.4 is 15.9 Å². The lowest BCUT2D eigenvalue weighted by Crippen LogP contribution is -2.42. The minimum atomic E-state index is -3.19. The van der Waals surface area contributed by atoms with E-state index in [9.17, 15) is 0 Å². The van der Waals surface area contributed by atoms with Crippen LogP contribution in [-0.2, 0) is 9.98 Å². The first-order valence-corrected chi connectivity index (χ1v) is 17.8. The fourth-order valence-corrected chi connectivity index (χ4v) is 10.5. The second-order valence-electron chi connectivity index (χ2n) is 12.8. The number of nitrogens with zero attached hydrogens (tertiary/aromatic N) is 3. The minimum absolute atomic E-state index is 0.362. The quantitative estimate of drug-likeness (QED) is 0.180. The molecule has 0 fully saturated rings. The summed E-state index contributed by atoms with van der Waals surface area (Å²) >= 11 is 0. The first kappa shape index (κ1) is 28.6. The van der Waals surface area contributed by atoms with Gasteiger partial charge >= 0.3 is 0 Å². The van der Waals surface area contributed by atoms with Crippen molar-refractivity contribution in [1.82, 2.24) is 15.0 Å². The van der Waals surface area contributed by atoms with Crippen LogP contribution in [0.25, 0.3) is 56.1 Å². The molecule has 230 valence electrons. The molecule has 0 amide bonds. The van der Waals surface area contributed by atoms with E-state index < -0.39 is 7.14 Å². The highest BCUT2D eigenvalue weighted by Gasteiger charge is 2.45. The van der Waals surface area contributed by atoms with Gasteiger partial charge in [0.25, 0.3) is 0 Å². The Labute approximate surface area is 278 Å². The zero-order chi connectivity index (χ0) is 32.5. The van der Waals surface area contributed by atoms with E-state index in [4.69, 9.17) is 19.4 Å². The number of hydrogen-bond donors (Lipinski definition) is 0. The van der Waals surface area contributed by atoms with Crippen LogP contribution in [-0.4, -0.2) is 15.0 Å². The van der Waals surface area contributed by atoms with Crippen molar-refractivity contribution in [3.8, 4) is 34.2 Å². The Balaban J connectivity index is 1.25. The maximum Gasteiger partial charge on any atom is 0.171 e. The monoisotopic (exact) mass is 639 g/mol. The maximum atomic E-state index is 15.5. The number of benzene rings is 6. The van der Waals surface area contributed by atoms with Crippen molar-refractivity contribution in [3.63, 3.8) is 0 Å². The Hall–Kier alpha value is -5.64. The molecule has 1 unspecified atom stereocenters. The van der Waals surface area contributed by atoms with Crippen molar-refractivity contribution >= 4 is 45.0 Å². The first-order chi connectivity index (χ1) is 23.4. The molecular weight excluding hydrogens is 609 g/mol. The van der Waals surface area contributed by atoms with Crippen LogP contribution in [0.4, 0.5) is 0 Å². The SMILES string of the molecule is CC1(C)c2ccccc2P(=O)(c2ccccc2)c2cc3oc4cc(-c5nc(-c6ccccc6)nc(-c6ccccc6)n5)ccc4c3cc21. The Bertz CT molecular complexity index is 2500. The zero-order valence-electron chi connectivity index (χ0n) is 26.5. The third kappa shape index (κ3) is 4.32. The van der Waals surface area contributed by atoms with Gasteiger partial charge in [-0.05, 0) is 35.4 Å². The van der Waals surface area contributed by atoms with Gasteiger partial charge in [0.05, 0.1) is 0 Å². The van der Waals surface area contributed by atoms with Gasteiger partial charge in [0.1, 0.15) is 11.2 Å². The highest BCUT2D eigenvalue weighted by molar-refractivity contribution is 7.85. The van der Waals surface area contributed by atoms with Gasteiger partial charge in [0.2, 0.25) is 0 Å². The van der Waals surface area contributed by atoms with Gasteiger partial charge in [-0.2, -0.15) is 0 Å². The average Bonchev–Trinajstić information content (AvgIpc) is 3.51. The zero-order valence-corrected chi connectivity index (χ0v) is 27.4. The molecule has 8 aromatic rings. The van der Waals surface area contributed by atoms with Gasteiger partial charge in [-0.25, -0.2) is 15.0 Å². The molecule has 1 aliphatic heterocycles. The highest BCUT2D eigenvalue weighted by atomic mass is 31.2. The summed E-state index contributed by atoms with van der Waals surface area (Å²) in [6.45, 7) is 4.45. The van der Waals surface area contributed by atoms with Gasteiger partial charge in [-0.15, -0.1) is 0 Å². The lowest BCUT2D eigenvalue weighted by molar-refractivity contribution is 0.586. The molecule has 48 heavy (non-hydrogen) atoms. The number of fused-ring (bicyclic) bond motifs is 5. The summed E-state index contributed by atoms with van der Waals surface area (Å²) in [6.07, 6.45) is 0. The minimum Gasteiger partial charge on any atom is -0.456 e. The lowest BCUT2D eigenvalue weighted by atomic mass is 9.77. The molecule has 0 radical (unpaired) electrons. The summed E-state index contributed by atoms with van der Waals surface area (Å²) in [5.41, 5.74) is 5.88. The summed E-state index contributed by atoms with van der Waals surface area (Å²) in [6, 6.07) is 48.3. The summed E-state index contributed by atoms with van der Waals surface area (Å²) in [5, 5.41) is 4.53. The van der Waals surface area contributed by atoms with Gasteiger partial charge in [-0.3, -0.25) is 0 Å². The van der Waals surface area contributed by atoms with E-state index in [0.717, 1.165) is 60.1 Å². The maximum absolute atomic E-state index is 15.5. The Morgan fingerprint density at radius 3 is 1.69 bits per heavy atom. The molecule has 5 nitrogen and oxygen atoms in total. The van der Waals surface area contributed by atoms with Gasteiger partial charge < -0.3 is 8.98 Å². The van der Waals surface area contributed by atoms with E-state index in [1.165, 1.54) is 0 Å². The second kappa shape index (κ2) is 10.7. The molecular formula is C42H30N3O2P. The molecule has 2 aromatic heterocycles. The summed E-state index contributed by atoms with van der Waals surface area (Å²) in [5.74, 6) is 1.78. The molecule has 6 heteroatoms. The predicted octanol–water partition coefficient (Wildman–Crippen LogP) is 9.05. The van der Waals surface area contributed by atoms with Crippen LogP contribution >= 0.6 is 7.14 Å². The van der Waals surface area contributed by atoms with Gasteiger partial charge in [-0.1, -0.05) is 135 Å². The van der Waals surface area contributed by atoms with Crippen molar-refractivity contribution in [1.29, 1.82) is 0 Å². The van der Waals surface area contributed by atoms with Gasteiger partial charge in [0.15, 0.2) is 24.6 Å². The van der Waals surface area contributed by atoms with E-state index >= 15 is 4.57 Å². The third-order valence-corrected chi connectivity index (χ3v) is 12.7. The van der Waals surface area contributed by atoms with Crippen molar-refractivity contribution in [3.05, 3.63) is 157 Å². The Morgan fingerprint density at radius 1 is 0.500 bits per heavy atom. The lowest BCUT2D eigenvalue weighted by Gasteiger charge is -2.39. The molecule has 1 atom stereocenters. The summed E-state index contributed by atoms with van der Waals surface area (Å²) in [7, 11) is -3.19. The molecule has 0 N–H and O–H groups in total. The van der Waals surface area contributed by atoms with E-state index in [2.05, 4.69) is 32.0 Å². The first-order valence-electron chi connectivity index (χ1n) is 16.1. The van der Waals surface area contributed by atoms with Crippen LogP contribution in [0.1, 0.15) is 25.0 Å². The highest BCUT2D eigenvalue weighted by Crippen LogP contribution is 2.53. The molecule has 6 aromatic carbocycles. The van der Waals surface area contributed by atoms with Crippen molar-refractivity contribution in [2.24, 2.45) is 0 Å². The molecule has 9 rings (SSSR count).